The molecule has 0 radical (unpaired) electrons. The van der Waals surface area contributed by atoms with Crippen LogP contribution in [0.15, 0.2) is 65.3 Å². The number of anilines is 1. The Morgan fingerprint density at radius 2 is 1.93 bits per heavy atom. The van der Waals surface area contributed by atoms with Crippen LogP contribution >= 0.6 is 11.6 Å². The topological polar surface area (TPSA) is 80.6 Å². The average Bonchev–Trinajstić information content (AvgIpc) is 3.36. The number of amides is 2. The maximum atomic E-state index is 12.4. The number of hydrogen-bond donors (Lipinski definition) is 2. The molecule has 6 nitrogen and oxygen atoms in total. The molecule has 1 aliphatic heterocycles. The summed E-state index contributed by atoms with van der Waals surface area (Å²) in [5.41, 5.74) is 2.48. The average molecular weight is 397 g/mol. The van der Waals surface area contributed by atoms with E-state index in [-0.39, 0.29) is 17.6 Å². The highest BCUT2D eigenvalue weighted by molar-refractivity contribution is 6.30. The monoisotopic (exact) mass is 396 g/mol. The molecule has 0 saturated carbocycles. The van der Waals surface area contributed by atoms with Gasteiger partial charge in [-0.2, -0.15) is 0 Å². The lowest BCUT2D eigenvalue weighted by Gasteiger charge is -2.12. The van der Waals surface area contributed by atoms with Gasteiger partial charge in [0.2, 0.25) is 0 Å². The number of hydrogen-bond acceptors (Lipinski definition) is 4. The van der Waals surface area contributed by atoms with Gasteiger partial charge in [-0.15, -0.1) is 0 Å². The van der Waals surface area contributed by atoms with Gasteiger partial charge in [-0.1, -0.05) is 23.7 Å². The number of rotatable bonds is 5. The van der Waals surface area contributed by atoms with E-state index < -0.39 is 6.10 Å². The molecule has 0 saturated heterocycles. The van der Waals surface area contributed by atoms with Crippen molar-refractivity contribution in [3.63, 3.8) is 0 Å². The first-order valence-electron chi connectivity index (χ1n) is 8.75. The summed E-state index contributed by atoms with van der Waals surface area (Å²) in [5.74, 6) is 0.447. The third kappa shape index (κ3) is 4.02. The predicted octanol–water partition coefficient (Wildman–Crippen LogP) is 3.81. The van der Waals surface area contributed by atoms with E-state index in [4.69, 9.17) is 20.8 Å². The first kappa shape index (κ1) is 18.1. The zero-order valence-electron chi connectivity index (χ0n) is 14.8. The molecule has 1 atom stereocenters. The fraction of sp³-hybridized carbons (Fsp3) is 0.143. The second-order valence-electron chi connectivity index (χ2n) is 6.41. The lowest BCUT2D eigenvalue weighted by Crippen LogP contribution is -2.37. The molecule has 142 valence electrons. The highest BCUT2D eigenvalue weighted by atomic mass is 35.5. The van der Waals surface area contributed by atoms with Gasteiger partial charge in [0.25, 0.3) is 11.8 Å². The van der Waals surface area contributed by atoms with Crippen LogP contribution in [0.3, 0.4) is 0 Å². The van der Waals surface area contributed by atoms with Crippen molar-refractivity contribution in [1.29, 1.82) is 0 Å². The number of fused-ring (bicyclic) bond motifs is 1. The summed E-state index contributed by atoms with van der Waals surface area (Å²) < 4.78 is 10.7. The van der Waals surface area contributed by atoms with Crippen LogP contribution < -0.4 is 15.4 Å². The maximum absolute atomic E-state index is 12.4. The molecule has 2 amide bonds. The summed E-state index contributed by atoms with van der Waals surface area (Å²) in [6.07, 6.45) is 1.39. The minimum atomic E-state index is -0.555. The van der Waals surface area contributed by atoms with Gasteiger partial charge in [-0.25, -0.2) is 0 Å². The molecule has 2 aromatic carbocycles. The molecule has 28 heavy (non-hydrogen) atoms. The number of carbonyl (C=O) groups is 2. The highest BCUT2D eigenvalue weighted by Gasteiger charge is 2.28. The van der Waals surface area contributed by atoms with Gasteiger partial charge in [-0.05, 0) is 53.6 Å². The van der Waals surface area contributed by atoms with Gasteiger partial charge in [0, 0.05) is 23.7 Å². The third-order valence-corrected chi connectivity index (χ3v) is 4.65. The molecule has 0 bridgehead atoms. The number of furan rings is 1. The van der Waals surface area contributed by atoms with E-state index in [1.165, 1.54) is 6.26 Å². The number of halogens is 1. The number of benzene rings is 2. The van der Waals surface area contributed by atoms with Crippen LogP contribution in [0.4, 0.5) is 5.69 Å². The van der Waals surface area contributed by atoms with Gasteiger partial charge in [0.1, 0.15) is 5.75 Å². The minimum Gasteiger partial charge on any atom is -0.480 e. The smallest absolute Gasteiger partial charge is 0.291 e. The quantitative estimate of drug-likeness (QED) is 0.687. The molecule has 2 N–H and O–H groups in total. The van der Waals surface area contributed by atoms with E-state index in [1.807, 2.05) is 18.2 Å². The van der Waals surface area contributed by atoms with Crippen LogP contribution in [-0.2, 0) is 17.8 Å². The second-order valence-corrected chi connectivity index (χ2v) is 6.85. The third-order valence-electron chi connectivity index (χ3n) is 4.41. The summed E-state index contributed by atoms with van der Waals surface area (Å²) in [6, 6.07) is 15.8. The van der Waals surface area contributed by atoms with E-state index >= 15 is 0 Å². The molecular formula is C21H17ClN2O4. The summed E-state index contributed by atoms with van der Waals surface area (Å²) >= 11 is 5.98. The minimum absolute atomic E-state index is 0.178. The van der Waals surface area contributed by atoms with Gasteiger partial charge in [0.15, 0.2) is 11.9 Å². The molecule has 1 aromatic heterocycles. The van der Waals surface area contributed by atoms with Crippen molar-refractivity contribution in [3.05, 3.63) is 82.8 Å². The zero-order valence-corrected chi connectivity index (χ0v) is 15.5. The Morgan fingerprint density at radius 3 is 2.68 bits per heavy atom. The van der Waals surface area contributed by atoms with Crippen LogP contribution in [0.5, 0.6) is 5.75 Å². The van der Waals surface area contributed by atoms with Crippen molar-refractivity contribution in [1.82, 2.24) is 5.32 Å². The first-order valence-corrected chi connectivity index (χ1v) is 9.13. The van der Waals surface area contributed by atoms with E-state index in [1.54, 1.807) is 36.4 Å². The molecule has 7 heteroatoms. The summed E-state index contributed by atoms with van der Waals surface area (Å²) in [6.45, 7) is 0.363. The molecule has 1 aliphatic rings. The highest BCUT2D eigenvalue weighted by Crippen LogP contribution is 2.31. The van der Waals surface area contributed by atoms with Crippen LogP contribution in [0.1, 0.15) is 21.7 Å². The van der Waals surface area contributed by atoms with Crippen LogP contribution in [0.25, 0.3) is 0 Å². The first-order chi connectivity index (χ1) is 13.6. The van der Waals surface area contributed by atoms with Gasteiger partial charge < -0.3 is 19.8 Å². The Hall–Kier alpha value is -3.25. The standard InChI is InChI=1S/C21H17ClN2O4/c22-15-5-8-17-14(10-15)11-19(28-17)20(25)23-12-13-3-6-16(7-4-13)24-21(26)18-2-1-9-27-18/h1-10,19H,11-12H2,(H,23,25)(H,24,26)/t19-/m0/s1. The van der Waals surface area contributed by atoms with Crippen LogP contribution in [0, 0.1) is 0 Å². The Balaban J connectivity index is 1.29. The molecule has 3 aromatic rings. The SMILES string of the molecule is O=C(Nc1ccc(CNC(=O)[C@@H]2Cc3cc(Cl)ccc3O2)cc1)c1ccco1. The fourth-order valence-electron chi connectivity index (χ4n) is 2.97. The molecule has 0 unspecified atom stereocenters. The predicted molar refractivity (Wildman–Crippen MR) is 105 cm³/mol. The van der Waals surface area contributed by atoms with Crippen molar-refractivity contribution in [2.45, 2.75) is 19.1 Å². The van der Waals surface area contributed by atoms with Crippen molar-refractivity contribution >= 4 is 29.1 Å². The molecule has 2 heterocycles. The number of carbonyl (C=O) groups excluding carboxylic acids is 2. The second kappa shape index (κ2) is 7.78. The van der Waals surface area contributed by atoms with Gasteiger partial charge >= 0.3 is 0 Å². The van der Waals surface area contributed by atoms with Gasteiger partial charge in [0.05, 0.1) is 6.26 Å². The van der Waals surface area contributed by atoms with Crippen molar-refractivity contribution < 1.29 is 18.7 Å². The number of ether oxygens (including phenoxy) is 1. The Kier molecular flexibility index (Phi) is 5.04. The van der Waals surface area contributed by atoms with Gasteiger partial charge in [-0.3, -0.25) is 9.59 Å². The molecular weight excluding hydrogens is 380 g/mol. The molecule has 0 aliphatic carbocycles. The lowest BCUT2D eigenvalue weighted by atomic mass is 10.1. The Bertz CT molecular complexity index is 1000. The van der Waals surface area contributed by atoms with Crippen molar-refractivity contribution in [2.24, 2.45) is 0 Å². The van der Waals surface area contributed by atoms with E-state index in [0.29, 0.717) is 29.4 Å². The van der Waals surface area contributed by atoms with Crippen molar-refractivity contribution in [3.8, 4) is 5.75 Å². The molecule has 0 fully saturated rings. The zero-order chi connectivity index (χ0) is 19.5. The summed E-state index contributed by atoms with van der Waals surface area (Å²) in [7, 11) is 0. The normalized spacial score (nSPS) is 14.8. The van der Waals surface area contributed by atoms with E-state index in [0.717, 1.165) is 11.1 Å². The maximum Gasteiger partial charge on any atom is 0.291 e. The molecule has 0 spiro atoms. The lowest BCUT2D eigenvalue weighted by molar-refractivity contribution is -0.127. The fourth-order valence-corrected chi connectivity index (χ4v) is 3.17. The van der Waals surface area contributed by atoms with E-state index in [9.17, 15) is 9.59 Å². The summed E-state index contributed by atoms with van der Waals surface area (Å²) in [4.78, 5) is 24.3. The Morgan fingerprint density at radius 1 is 1.11 bits per heavy atom. The molecule has 4 rings (SSSR count). The van der Waals surface area contributed by atoms with Crippen LogP contribution in [0.2, 0.25) is 5.02 Å². The number of nitrogens with one attached hydrogen (secondary N) is 2. The Labute approximate surface area is 166 Å². The van der Waals surface area contributed by atoms with Crippen LogP contribution in [-0.4, -0.2) is 17.9 Å². The van der Waals surface area contributed by atoms with Crippen molar-refractivity contribution in [2.75, 3.05) is 5.32 Å². The largest absolute Gasteiger partial charge is 0.480 e. The van der Waals surface area contributed by atoms with E-state index in [2.05, 4.69) is 10.6 Å². The summed E-state index contributed by atoms with van der Waals surface area (Å²) in [5, 5.41) is 6.25.